The molecule has 1 amide bonds. The summed E-state index contributed by atoms with van der Waals surface area (Å²) in [6, 6.07) is -0.139. The van der Waals surface area contributed by atoms with Crippen molar-refractivity contribution in [1.82, 2.24) is 10.1 Å². The van der Waals surface area contributed by atoms with Crippen LogP contribution in [0.2, 0.25) is 0 Å². The molecule has 1 aliphatic rings. The molecule has 0 aromatic carbocycles. The zero-order chi connectivity index (χ0) is 13.5. The maximum absolute atomic E-state index is 12.1. The molecular weight excluding hydrogens is 234 g/mol. The molecule has 2 heterocycles. The van der Waals surface area contributed by atoms with Crippen LogP contribution in [0.4, 0.5) is 10.6 Å². The molecule has 0 saturated carbocycles. The largest absolute Gasteiger partial charge is 0.444 e. The number of ether oxygens (including phenoxy) is 1. The highest BCUT2D eigenvalue weighted by Crippen LogP contribution is 2.39. The molecule has 1 aromatic heterocycles. The van der Waals surface area contributed by atoms with Gasteiger partial charge in [-0.15, -0.1) is 0 Å². The van der Waals surface area contributed by atoms with Crippen molar-refractivity contribution in [2.45, 2.75) is 52.3 Å². The van der Waals surface area contributed by atoms with Crippen LogP contribution in [-0.2, 0) is 11.3 Å². The van der Waals surface area contributed by atoms with E-state index in [0.29, 0.717) is 18.1 Å². The lowest BCUT2D eigenvalue weighted by atomic mass is 10.1. The first kappa shape index (κ1) is 12.7. The van der Waals surface area contributed by atoms with Crippen molar-refractivity contribution in [2.24, 2.45) is 0 Å². The van der Waals surface area contributed by atoms with E-state index in [0.717, 1.165) is 12.0 Å². The Kier molecular flexibility index (Phi) is 2.96. The van der Waals surface area contributed by atoms with Crippen LogP contribution in [0.15, 0.2) is 4.52 Å². The molecule has 0 radical (unpaired) electrons. The van der Waals surface area contributed by atoms with Crippen molar-refractivity contribution in [3.8, 4) is 0 Å². The average Bonchev–Trinajstić information content (AvgIpc) is 2.76. The fourth-order valence-corrected chi connectivity index (χ4v) is 2.10. The number of hydrogen-bond donors (Lipinski definition) is 1. The van der Waals surface area contributed by atoms with Crippen LogP contribution >= 0.6 is 0 Å². The third kappa shape index (κ3) is 2.14. The summed E-state index contributed by atoms with van der Waals surface area (Å²) < 4.78 is 10.6. The maximum atomic E-state index is 12.1. The second-order valence-electron chi connectivity index (χ2n) is 5.44. The smallest absolute Gasteiger partial charge is 0.411 e. The normalized spacial score (nSPS) is 18.9. The summed E-state index contributed by atoms with van der Waals surface area (Å²) in [6.07, 6.45) is 0.390. The molecule has 0 bridgehead atoms. The van der Waals surface area contributed by atoms with E-state index in [1.165, 1.54) is 0 Å². The van der Waals surface area contributed by atoms with Gasteiger partial charge in [0.15, 0.2) is 11.6 Å². The van der Waals surface area contributed by atoms with Gasteiger partial charge in [-0.25, -0.2) is 4.79 Å². The first-order valence-corrected chi connectivity index (χ1v) is 6.07. The number of nitrogen functional groups attached to an aromatic ring is 1. The lowest BCUT2D eigenvalue weighted by molar-refractivity contribution is 0.0149. The molecule has 6 heteroatoms. The molecule has 100 valence electrons. The highest BCUT2D eigenvalue weighted by molar-refractivity contribution is 5.70. The molecule has 6 nitrogen and oxygen atoms in total. The topological polar surface area (TPSA) is 81.6 Å². The average molecular weight is 253 g/mol. The number of rotatable bonds is 1. The van der Waals surface area contributed by atoms with Crippen LogP contribution in [-0.4, -0.2) is 21.8 Å². The minimum atomic E-state index is -0.511. The Morgan fingerprint density at radius 2 is 2.28 bits per heavy atom. The van der Waals surface area contributed by atoms with E-state index >= 15 is 0 Å². The molecule has 0 saturated heterocycles. The van der Waals surface area contributed by atoms with Crippen LogP contribution in [0, 0.1) is 0 Å². The molecular formula is C12H19N3O3. The predicted octanol–water partition coefficient (Wildman–Crippen LogP) is 2.46. The third-order valence-corrected chi connectivity index (χ3v) is 2.87. The Balaban J connectivity index is 2.20. The van der Waals surface area contributed by atoms with Crippen molar-refractivity contribution in [2.75, 3.05) is 5.73 Å². The zero-order valence-corrected chi connectivity index (χ0v) is 11.2. The van der Waals surface area contributed by atoms with Crippen LogP contribution < -0.4 is 5.73 Å². The van der Waals surface area contributed by atoms with E-state index in [-0.39, 0.29) is 12.1 Å². The molecule has 1 unspecified atom stereocenters. The van der Waals surface area contributed by atoms with Crippen LogP contribution in [0.25, 0.3) is 0 Å². The highest BCUT2D eigenvalue weighted by Gasteiger charge is 2.39. The van der Waals surface area contributed by atoms with E-state index in [9.17, 15) is 4.79 Å². The Morgan fingerprint density at radius 3 is 2.83 bits per heavy atom. The van der Waals surface area contributed by atoms with Gasteiger partial charge in [0.2, 0.25) is 0 Å². The summed E-state index contributed by atoms with van der Waals surface area (Å²) in [6.45, 7) is 7.91. The number of carbonyl (C=O) groups excluding carboxylic acids is 1. The minimum Gasteiger partial charge on any atom is -0.444 e. The Labute approximate surface area is 106 Å². The number of amides is 1. The summed E-state index contributed by atoms with van der Waals surface area (Å²) in [5.41, 5.74) is 6.00. The van der Waals surface area contributed by atoms with Crippen LogP contribution in [0.1, 0.15) is 51.5 Å². The number of carbonyl (C=O) groups is 1. The quantitative estimate of drug-likeness (QED) is 0.831. The fourth-order valence-electron chi connectivity index (χ4n) is 2.10. The van der Waals surface area contributed by atoms with Gasteiger partial charge in [0.25, 0.3) is 0 Å². The van der Waals surface area contributed by atoms with Gasteiger partial charge in [-0.3, -0.25) is 4.90 Å². The van der Waals surface area contributed by atoms with E-state index < -0.39 is 5.60 Å². The van der Waals surface area contributed by atoms with Gasteiger partial charge in [0.05, 0.1) is 18.2 Å². The van der Waals surface area contributed by atoms with Gasteiger partial charge < -0.3 is 15.0 Å². The molecule has 0 fully saturated rings. The predicted molar refractivity (Wildman–Crippen MR) is 65.7 cm³/mol. The van der Waals surface area contributed by atoms with E-state index in [4.69, 9.17) is 15.0 Å². The van der Waals surface area contributed by atoms with Crippen LogP contribution in [0.5, 0.6) is 0 Å². The van der Waals surface area contributed by atoms with Crippen molar-refractivity contribution >= 4 is 11.9 Å². The molecule has 1 aliphatic heterocycles. The minimum absolute atomic E-state index is 0.139. The molecule has 0 spiro atoms. The van der Waals surface area contributed by atoms with E-state index in [1.54, 1.807) is 4.90 Å². The number of nitrogens with zero attached hydrogens (tertiary/aromatic N) is 2. The van der Waals surface area contributed by atoms with Gasteiger partial charge in [0.1, 0.15) is 5.60 Å². The molecule has 0 aliphatic carbocycles. The standard InChI is InChI=1S/C12H19N3O3/c1-5-8-9-7(10(13)14-18-9)6-15(8)11(16)17-12(2,3)4/h8H,5-6H2,1-4H3,(H2,13,14). The van der Waals surface area contributed by atoms with Gasteiger partial charge >= 0.3 is 6.09 Å². The van der Waals surface area contributed by atoms with Crippen molar-refractivity contribution in [3.05, 3.63) is 11.3 Å². The number of anilines is 1. The number of aromatic nitrogens is 1. The first-order valence-electron chi connectivity index (χ1n) is 6.07. The maximum Gasteiger partial charge on any atom is 0.411 e. The van der Waals surface area contributed by atoms with Gasteiger partial charge in [-0.1, -0.05) is 12.1 Å². The van der Waals surface area contributed by atoms with Crippen molar-refractivity contribution in [1.29, 1.82) is 0 Å². The van der Waals surface area contributed by atoms with Gasteiger partial charge in [0, 0.05) is 0 Å². The summed E-state index contributed by atoms with van der Waals surface area (Å²) >= 11 is 0. The summed E-state index contributed by atoms with van der Waals surface area (Å²) in [5.74, 6) is 1.04. The second-order valence-corrected chi connectivity index (χ2v) is 5.44. The van der Waals surface area contributed by atoms with Gasteiger partial charge in [-0.2, -0.15) is 0 Å². The van der Waals surface area contributed by atoms with Crippen molar-refractivity contribution < 1.29 is 14.1 Å². The lowest BCUT2D eigenvalue weighted by Crippen LogP contribution is -2.35. The molecule has 1 atom stereocenters. The van der Waals surface area contributed by atoms with Crippen LogP contribution in [0.3, 0.4) is 0 Å². The lowest BCUT2D eigenvalue weighted by Gasteiger charge is -2.27. The number of nitrogens with two attached hydrogens (primary N) is 1. The number of hydrogen-bond acceptors (Lipinski definition) is 5. The number of fused-ring (bicyclic) bond motifs is 1. The highest BCUT2D eigenvalue weighted by atomic mass is 16.6. The van der Waals surface area contributed by atoms with Gasteiger partial charge in [-0.05, 0) is 27.2 Å². The summed E-state index contributed by atoms with van der Waals surface area (Å²) in [7, 11) is 0. The Morgan fingerprint density at radius 1 is 1.61 bits per heavy atom. The zero-order valence-electron chi connectivity index (χ0n) is 11.2. The fraction of sp³-hybridized carbons (Fsp3) is 0.667. The van der Waals surface area contributed by atoms with E-state index in [1.807, 2.05) is 27.7 Å². The Bertz CT molecular complexity index is 462. The van der Waals surface area contributed by atoms with Crippen molar-refractivity contribution in [3.63, 3.8) is 0 Å². The molecule has 2 rings (SSSR count). The molecule has 18 heavy (non-hydrogen) atoms. The second kappa shape index (κ2) is 4.19. The molecule has 2 N–H and O–H groups in total. The molecule has 1 aromatic rings. The summed E-state index contributed by atoms with van der Waals surface area (Å²) in [5, 5.41) is 3.73. The van der Waals surface area contributed by atoms with E-state index in [2.05, 4.69) is 5.16 Å². The first-order chi connectivity index (χ1) is 8.33. The SMILES string of the molecule is CCC1c2onc(N)c2CN1C(=O)OC(C)(C)C. The summed E-state index contributed by atoms with van der Waals surface area (Å²) in [4.78, 5) is 13.7. The monoisotopic (exact) mass is 253 g/mol. The third-order valence-electron chi connectivity index (χ3n) is 2.87. The Hall–Kier alpha value is -1.72.